The van der Waals surface area contributed by atoms with Crippen molar-refractivity contribution >= 4 is 17.8 Å². The third-order valence-electron chi connectivity index (χ3n) is 5.14. The average molecular weight is 406 g/mol. The number of hydrogen-bond donors (Lipinski definition) is 1. The highest BCUT2D eigenvalue weighted by atomic mass is 16.5. The second-order valence-corrected chi connectivity index (χ2v) is 7.48. The molecule has 0 aliphatic carbocycles. The van der Waals surface area contributed by atoms with Gasteiger partial charge >= 0.3 is 11.9 Å². The Hall–Kier alpha value is -2.45. The predicted octanol–water partition coefficient (Wildman–Crippen LogP) is 1.80. The molecule has 2 rings (SSSR count). The third-order valence-corrected chi connectivity index (χ3v) is 5.14. The van der Waals surface area contributed by atoms with Crippen LogP contribution in [-0.4, -0.2) is 61.4 Å². The van der Waals surface area contributed by atoms with Gasteiger partial charge in [0.1, 0.15) is 11.8 Å². The number of nitrogens with one attached hydrogen (secondary N) is 1. The fourth-order valence-corrected chi connectivity index (χ4v) is 3.64. The maximum atomic E-state index is 13.2. The minimum absolute atomic E-state index is 0.0648. The van der Waals surface area contributed by atoms with Crippen molar-refractivity contribution in [3.8, 4) is 0 Å². The van der Waals surface area contributed by atoms with Crippen molar-refractivity contribution in [2.75, 3.05) is 20.8 Å². The molecule has 1 aromatic rings. The number of rotatable bonds is 8. The lowest BCUT2D eigenvalue weighted by Gasteiger charge is -2.39. The van der Waals surface area contributed by atoms with Crippen LogP contribution in [0.2, 0.25) is 0 Å². The van der Waals surface area contributed by atoms with E-state index in [1.165, 1.54) is 14.2 Å². The lowest BCUT2D eigenvalue weighted by atomic mass is 9.99. The SMILES string of the molecule is COC(=O)CC[C@@H](C(=O)N[C@@H](C)C(=O)OC)N1[C@H](c2ccccc2)COC1(C)C. The smallest absolute Gasteiger partial charge is 0.328 e. The first-order valence-electron chi connectivity index (χ1n) is 9.63. The van der Waals surface area contributed by atoms with Crippen LogP contribution >= 0.6 is 0 Å². The number of ether oxygens (including phenoxy) is 3. The molecule has 160 valence electrons. The monoisotopic (exact) mass is 406 g/mol. The molecule has 1 fully saturated rings. The second kappa shape index (κ2) is 9.84. The lowest BCUT2D eigenvalue weighted by molar-refractivity contribution is -0.148. The Bertz CT molecular complexity index is 721. The van der Waals surface area contributed by atoms with Crippen LogP contribution in [-0.2, 0) is 28.6 Å². The van der Waals surface area contributed by atoms with Gasteiger partial charge in [0.15, 0.2) is 0 Å². The molecule has 1 N–H and O–H groups in total. The van der Waals surface area contributed by atoms with Crippen LogP contribution in [0.5, 0.6) is 0 Å². The number of methoxy groups -OCH3 is 2. The molecule has 0 bridgehead atoms. The number of amides is 1. The van der Waals surface area contributed by atoms with E-state index in [1.54, 1.807) is 6.92 Å². The maximum Gasteiger partial charge on any atom is 0.328 e. The molecule has 8 heteroatoms. The van der Waals surface area contributed by atoms with E-state index in [0.717, 1.165) is 5.56 Å². The zero-order chi connectivity index (χ0) is 21.6. The van der Waals surface area contributed by atoms with Crippen molar-refractivity contribution in [3.63, 3.8) is 0 Å². The first-order valence-corrected chi connectivity index (χ1v) is 9.63. The zero-order valence-corrected chi connectivity index (χ0v) is 17.6. The molecule has 1 aliphatic rings. The Balaban J connectivity index is 2.34. The van der Waals surface area contributed by atoms with Crippen molar-refractivity contribution in [3.05, 3.63) is 35.9 Å². The van der Waals surface area contributed by atoms with E-state index in [1.807, 2.05) is 49.1 Å². The van der Waals surface area contributed by atoms with Gasteiger partial charge in [-0.25, -0.2) is 4.79 Å². The highest BCUT2D eigenvalue weighted by Gasteiger charge is 2.47. The predicted molar refractivity (Wildman–Crippen MR) is 106 cm³/mol. The van der Waals surface area contributed by atoms with Gasteiger partial charge in [-0.3, -0.25) is 14.5 Å². The van der Waals surface area contributed by atoms with Crippen molar-refractivity contribution in [1.82, 2.24) is 10.2 Å². The minimum Gasteiger partial charge on any atom is -0.469 e. The van der Waals surface area contributed by atoms with Crippen LogP contribution in [0.3, 0.4) is 0 Å². The van der Waals surface area contributed by atoms with E-state index in [9.17, 15) is 14.4 Å². The van der Waals surface area contributed by atoms with E-state index in [0.29, 0.717) is 6.61 Å². The molecule has 0 spiro atoms. The summed E-state index contributed by atoms with van der Waals surface area (Å²) in [5.74, 6) is -1.31. The normalized spacial score (nSPS) is 20.5. The number of hydrogen-bond acceptors (Lipinski definition) is 7. The molecule has 1 amide bonds. The van der Waals surface area contributed by atoms with E-state index in [2.05, 4.69) is 5.32 Å². The van der Waals surface area contributed by atoms with E-state index >= 15 is 0 Å². The summed E-state index contributed by atoms with van der Waals surface area (Å²) in [6.45, 7) is 5.74. The highest BCUT2D eigenvalue weighted by Crippen LogP contribution is 2.39. The summed E-state index contributed by atoms with van der Waals surface area (Å²) in [5, 5.41) is 2.70. The van der Waals surface area contributed by atoms with Crippen molar-refractivity contribution < 1.29 is 28.6 Å². The van der Waals surface area contributed by atoms with E-state index < -0.39 is 29.7 Å². The number of carbonyl (C=O) groups is 3. The zero-order valence-electron chi connectivity index (χ0n) is 17.6. The van der Waals surface area contributed by atoms with Gasteiger partial charge in [-0.15, -0.1) is 0 Å². The van der Waals surface area contributed by atoms with Gasteiger partial charge in [0.25, 0.3) is 0 Å². The Morgan fingerprint density at radius 1 is 1.21 bits per heavy atom. The fourth-order valence-electron chi connectivity index (χ4n) is 3.64. The Morgan fingerprint density at radius 3 is 2.45 bits per heavy atom. The molecule has 0 unspecified atom stereocenters. The molecule has 0 aromatic heterocycles. The minimum atomic E-state index is -0.810. The molecule has 1 aromatic carbocycles. The second-order valence-electron chi connectivity index (χ2n) is 7.48. The number of carbonyl (C=O) groups excluding carboxylic acids is 3. The molecule has 0 radical (unpaired) electrons. The molecule has 0 saturated carbocycles. The summed E-state index contributed by atoms with van der Waals surface area (Å²) in [6.07, 6.45) is 0.289. The van der Waals surface area contributed by atoms with E-state index in [-0.39, 0.29) is 24.8 Å². The van der Waals surface area contributed by atoms with Crippen molar-refractivity contribution in [2.45, 2.75) is 57.5 Å². The van der Waals surface area contributed by atoms with Crippen LogP contribution in [0.25, 0.3) is 0 Å². The quantitative estimate of drug-likeness (QED) is 0.658. The number of nitrogens with zero attached hydrogens (tertiary/aromatic N) is 1. The standard InChI is InChI=1S/C21H30N2O6/c1-14(20(26)28-5)22-19(25)16(11-12-18(24)27-4)23-17(13-29-21(23,2)3)15-9-7-6-8-10-15/h6-10,14,16-17H,11-13H2,1-5H3,(H,22,25)/t14-,16-,17-/m0/s1. The van der Waals surface area contributed by atoms with Crippen LogP contribution < -0.4 is 5.32 Å². The summed E-state index contributed by atoms with van der Waals surface area (Å²) in [7, 11) is 2.58. The number of benzene rings is 1. The van der Waals surface area contributed by atoms with Crippen LogP contribution in [0.1, 0.15) is 45.2 Å². The molecule has 29 heavy (non-hydrogen) atoms. The van der Waals surface area contributed by atoms with Gasteiger partial charge in [-0.2, -0.15) is 0 Å². The molecular formula is C21H30N2O6. The largest absolute Gasteiger partial charge is 0.469 e. The summed E-state index contributed by atoms with van der Waals surface area (Å²) in [5.41, 5.74) is 0.266. The topological polar surface area (TPSA) is 94.2 Å². The first-order chi connectivity index (χ1) is 13.7. The Morgan fingerprint density at radius 2 is 1.86 bits per heavy atom. The Labute approximate surface area is 171 Å². The number of esters is 2. The summed E-state index contributed by atoms with van der Waals surface area (Å²) >= 11 is 0. The van der Waals surface area contributed by atoms with Gasteiger partial charge in [0, 0.05) is 6.42 Å². The third kappa shape index (κ3) is 5.55. The molecule has 1 saturated heterocycles. The first kappa shape index (κ1) is 22.8. The van der Waals surface area contributed by atoms with Crippen molar-refractivity contribution in [1.29, 1.82) is 0 Å². The highest BCUT2D eigenvalue weighted by molar-refractivity contribution is 5.87. The Kier molecular flexibility index (Phi) is 7.75. The van der Waals surface area contributed by atoms with E-state index in [4.69, 9.17) is 14.2 Å². The molecule has 1 heterocycles. The van der Waals surface area contributed by atoms with Gasteiger partial charge in [-0.05, 0) is 32.8 Å². The molecule has 1 aliphatic heterocycles. The van der Waals surface area contributed by atoms with Crippen molar-refractivity contribution in [2.24, 2.45) is 0 Å². The van der Waals surface area contributed by atoms with Crippen LogP contribution in [0.15, 0.2) is 30.3 Å². The molecule has 3 atom stereocenters. The molecule has 8 nitrogen and oxygen atoms in total. The maximum absolute atomic E-state index is 13.2. The molecular weight excluding hydrogens is 376 g/mol. The van der Waals surface area contributed by atoms with Crippen LogP contribution in [0.4, 0.5) is 0 Å². The average Bonchev–Trinajstić information content (AvgIpc) is 3.02. The van der Waals surface area contributed by atoms with Gasteiger partial charge in [0.05, 0.1) is 32.9 Å². The summed E-state index contributed by atoms with van der Waals surface area (Å²) in [6, 6.07) is 8.06. The van der Waals surface area contributed by atoms with Crippen LogP contribution in [0, 0.1) is 0 Å². The van der Waals surface area contributed by atoms with Gasteiger partial charge in [-0.1, -0.05) is 30.3 Å². The summed E-state index contributed by atoms with van der Waals surface area (Å²) in [4.78, 5) is 38.7. The van der Waals surface area contributed by atoms with Gasteiger partial charge in [0.2, 0.25) is 5.91 Å². The van der Waals surface area contributed by atoms with Gasteiger partial charge < -0.3 is 19.5 Å². The lowest BCUT2D eigenvalue weighted by Crippen LogP contribution is -2.56. The summed E-state index contributed by atoms with van der Waals surface area (Å²) < 4.78 is 15.4. The fraction of sp³-hybridized carbons (Fsp3) is 0.571.